The Bertz CT molecular complexity index is 491. The fourth-order valence-electron chi connectivity index (χ4n) is 1.69. The molecule has 0 aliphatic carbocycles. The van der Waals surface area contributed by atoms with E-state index in [9.17, 15) is 9.59 Å². The SMILES string of the molecule is N[C@@H](Cc1ccc(OCC(=O)NCCOCCO)cc1)C(=O)O. The number of carboxylic acid groups (broad SMARTS) is 1. The summed E-state index contributed by atoms with van der Waals surface area (Å²) in [5, 5.41) is 19.9. The molecule has 0 aromatic heterocycles. The molecule has 1 rings (SSSR count). The molecule has 8 nitrogen and oxygen atoms in total. The van der Waals surface area contributed by atoms with E-state index in [0.717, 1.165) is 5.56 Å². The van der Waals surface area contributed by atoms with Crippen molar-refractivity contribution in [2.45, 2.75) is 12.5 Å². The van der Waals surface area contributed by atoms with Gasteiger partial charge in [-0.05, 0) is 24.1 Å². The Labute approximate surface area is 134 Å². The van der Waals surface area contributed by atoms with Gasteiger partial charge in [0.25, 0.3) is 5.91 Å². The number of nitrogens with one attached hydrogen (secondary N) is 1. The molecule has 0 saturated heterocycles. The van der Waals surface area contributed by atoms with Gasteiger partial charge in [0.1, 0.15) is 11.8 Å². The summed E-state index contributed by atoms with van der Waals surface area (Å²) >= 11 is 0. The summed E-state index contributed by atoms with van der Waals surface area (Å²) in [6.45, 7) is 0.724. The second-order valence-electron chi connectivity index (χ2n) is 4.77. The van der Waals surface area contributed by atoms with Crippen molar-refractivity contribution in [3.05, 3.63) is 29.8 Å². The summed E-state index contributed by atoms with van der Waals surface area (Å²) in [7, 11) is 0. The Morgan fingerprint density at radius 3 is 2.52 bits per heavy atom. The molecular weight excluding hydrogens is 304 g/mol. The monoisotopic (exact) mass is 326 g/mol. The molecule has 0 radical (unpaired) electrons. The maximum Gasteiger partial charge on any atom is 0.320 e. The Balaban J connectivity index is 2.27. The smallest absolute Gasteiger partial charge is 0.320 e. The van der Waals surface area contributed by atoms with Gasteiger partial charge >= 0.3 is 5.97 Å². The Morgan fingerprint density at radius 2 is 1.91 bits per heavy atom. The summed E-state index contributed by atoms with van der Waals surface area (Å²) in [5.74, 6) is -0.830. The predicted molar refractivity (Wildman–Crippen MR) is 82.2 cm³/mol. The lowest BCUT2D eigenvalue weighted by Crippen LogP contribution is -2.32. The van der Waals surface area contributed by atoms with Crippen molar-refractivity contribution in [3.63, 3.8) is 0 Å². The average Bonchev–Trinajstić information content (AvgIpc) is 2.54. The number of nitrogens with two attached hydrogens (primary N) is 1. The minimum atomic E-state index is -1.05. The van der Waals surface area contributed by atoms with Gasteiger partial charge in [-0.15, -0.1) is 0 Å². The number of ether oxygens (including phenoxy) is 2. The minimum absolute atomic E-state index is 0.0512. The predicted octanol–water partition coefficient (Wildman–Crippen LogP) is -0.855. The number of amides is 1. The third-order valence-corrected chi connectivity index (χ3v) is 2.87. The van der Waals surface area contributed by atoms with Gasteiger partial charge in [-0.2, -0.15) is 0 Å². The first-order chi connectivity index (χ1) is 11.0. The van der Waals surface area contributed by atoms with Crippen LogP contribution in [0.5, 0.6) is 5.75 Å². The zero-order valence-electron chi connectivity index (χ0n) is 12.7. The number of aliphatic hydroxyl groups is 1. The highest BCUT2D eigenvalue weighted by molar-refractivity contribution is 5.77. The van der Waals surface area contributed by atoms with Crippen molar-refractivity contribution in [2.75, 3.05) is 33.0 Å². The second kappa shape index (κ2) is 10.5. The summed E-state index contributed by atoms with van der Waals surface area (Å²) in [6.07, 6.45) is 0.226. The van der Waals surface area contributed by atoms with Crippen molar-refractivity contribution in [1.82, 2.24) is 5.32 Å². The van der Waals surface area contributed by atoms with Gasteiger partial charge in [-0.1, -0.05) is 12.1 Å². The maximum absolute atomic E-state index is 11.5. The highest BCUT2D eigenvalue weighted by Crippen LogP contribution is 2.13. The highest BCUT2D eigenvalue weighted by Gasteiger charge is 2.12. The standard InChI is InChI=1S/C15H22N2O6/c16-13(15(20)21)9-11-1-3-12(4-2-11)23-10-14(19)17-5-7-22-8-6-18/h1-4,13,18H,5-10,16H2,(H,17,19)(H,20,21)/t13-/m0/s1. The Morgan fingerprint density at radius 1 is 1.22 bits per heavy atom. The number of hydrogen-bond acceptors (Lipinski definition) is 6. The molecule has 0 aliphatic heterocycles. The molecule has 0 spiro atoms. The molecule has 0 fully saturated rings. The average molecular weight is 326 g/mol. The van der Waals surface area contributed by atoms with E-state index in [2.05, 4.69) is 5.32 Å². The number of carbonyl (C=O) groups excluding carboxylic acids is 1. The fraction of sp³-hybridized carbons (Fsp3) is 0.467. The van der Waals surface area contributed by atoms with E-state index in [-0.39, 0.29) is 32.1 Å². The topological polar surface area (TPSA) is 131 Å². The highest BCUT2D eigenvalue weighted by atomic mass is 16.5. The van der Waals surface area contributed by atoms with E-state index in [1.54, 1.807) is 24.3 Å². The largest absolute Gasteiger partial charge is 0.484 e. The first kappa shape index (κ1) is 18.9. The number of rotatable bonds is 11. The van der Waals surface area contributed by atoms with Gasteiger partial charge in [-0.3, -0.25) is 9.59 Å². The number of aliphatic carboxylic acids is 1. The van der Waals surface area contributed by atoms with Crippen molar-refractivity contribution >= 4 is 11.9 Å². The first-order valence-electron chi connectivity index (χ1n) is 7.18. The molecule has 1 amide bonds. The van der Waals surface area contributed by atoms with Crippen molar-refractivity contribution in [2.24, 2.45) is 5.73 Å². The zero-order chi connectivity index (χ0) is 17.1. The molecule has 1 atom stereocenters. The molecule has 0 unspecified atom stereocenters. The van der Waals surface area contributed by atoms with Crippen LogP contribution in [0.2, 0.25) is 0 Å². The number of carboxylic acids is 1. The molecule has 1 aromatic carbocycles. The molecular formula is C15H22N2O6. The number of hydrogen-bond donors (Lipinski definition) is 4. The minimum Gasteiger partial charge on any atom is -0.484 e. The first-order valence-corrected chi connectivity index (χ1v) is 7.18. The molecule has 5 N–H and O–H groups in total. The van der Waals surface area contributed by atoms with Gasteiger partial charge in [0.2, 0.25) is 0 Å². The molecule has 128 valence electrons. The van der Waals surface area contributed by atoms with Crippen LogP contribution >= 0.6 is 0 Å². The van der Waals surface area contributed by atoms with Crippen molar-refractivity contribution < 1.29 is 29.3 Å². The number of aliphatic hydroxyl groups excluding tert-OH is 1. The van der Waals surface area contributed by atoms with Gasteiger partial charge in [0, 0.05) is 6.54 Å². The van der Waals surface area contributed by atoms with Crippen LogP contribution in [0.1, 0.15) is 5.56 Å². The summed E-state index contributed by atoms with van der Waals surface area (Å²) < 4.78 is 10.3. The molecule has 0 heterocycles. The Hall–Kier alpha value is -2.16. The number of carbonyl (C=O) groups is 2. The zero-order valence-corrected chi connectivity index (χ0v) is 12.7. The summed E-state index contributed by atoms with van der Waals surface area (Å²) in [5.41, 5.74) is 6.23. The van der Waals surface area contributed by atoms with Crippen LogP contribution in [0, 0.1) is 0 Å². The van der Waals surface area contributed by atoms with Gasteiger partial charge in [0.15, 0.2) is 6.61 Å². The van der Waals surface area contributed by atoms with E-state index in [4.69, 9.17) is 25.4 Å². The van der Waals surface area contributed by atoms with Crippen LogP contribution in [-0.4, -0.2) is 61.1 Å². The third kappa shape index (κ3) is 8.15. The van der Waals surface area contributed by atoms with Crippen molar-refractivity contribution in [3.8, 4) is 5.75 Å². The lowest BCUT2D eigenvalue weighted by molar-refractivity contribution is -0.138. The molecule has 0 aliphatic rings. The van der Waals surface area contributed by atoms with Gasteiger partial charge < -0.3 is 30.7 Å². The number of benzene rings is 1. The quantitative estimate of drug-likeness (QED) is 0.389. The van der Waals surface area contributed by atoms with E-state index in [1.807, 2.05) is 0 Å². The maximum atomic E-state index is 11.5. The lowest BCUT2D eigenvalue weighted by Gasteiger charge is -2.09. The second-order valence-corrected chi connectivity index (χ2v) is 4.77. The summed E-state index contributed by atoms with van der Waals surface area (Å²) in [6, 6.07) is 5.78. The third-order valence-electron chi connectivity index (χ3n) is 2.87. The fourth-order valence-corrected chi connectivity index (χ4v) is 1.69. The lowest BCUT2D eigenvalue weighted by atomic mass is 10.1. The summed E-state index contributed by atoms with van der Waals surface area (Å²) in [4.78, 5) is 22.2. The normalized spacial score (nSPS) is 11.7. The van der Waals surface area contributed by atoms with Crippen LogP contribution in [-0.2, 0) is 20.7 Å². The van der Waals surface area contributed by atoms with E-state index < -0.39 is 12.0 Å². The van der Waals surface area contributed by atoms with Gasteiger partial charge in [-0.25, -0.2) is 0 Å². The van der Waals surface area contributed by atoms with Gasteiger partial charge in [0.05, 0.1) is 19.8 Å². The van der Waals surface area contributed by atoms with Crippen LogP contribution in [0.4, 0.5) is 0 Å². The van der Waals surface area contributed by atoms with E-state index in [0.29, 0.717) is 18.9 Å². The van der Waals surface area contributed by atoms with Crippen LogP contribution in [0.15, 0.2) is 24.3 Å². The van der Waals surface area contributed by atoms with Crippen molar-refractivity contribution in [1.29, 1.82) is 0 Å². The van der Waals surface area contributed by atoms with E-state index in [1.165, 1.54) is 0 Å². The van der Waals surface area contributed by atoms with Crippen LogP contribution in [0.3, 0.4) is 0 Å². The Kier molecular flexibility index (Phi) is 8.66. The van der Waals surface area contributed by atoms with Crippen LogP contribution in [0.25, 0.3) is 0 Å². The van der Waals surface area contributed by atoms with Crippen LogP contribution < -0.4 is 15.8 Å². The van der Waals surface area contributed by atoms with E-state index >= 15 is 0 Å². The molecule has 8 heteroatoms. The molecule has 0 bridgehead atoms. The molecule has 0 saturated carbocycles. The molecule has 1 aromatic rings. The molecule has 23 heavy (non-hydrogen) atoms.